The van der Waals surface area contributed by atoms with Gasteiger partial charge in [-0.1, -0.05) is 46.3 Å². The van der Waals surface area contributed by atoms with Crippen molar-refractivity contribution in [3.8, 4) is 0 Å². The monoisotopic (exact) mass is 683 g/mol. The van der Waals surface area contributed by atoms with Crippen molar-refractivity contribution in [3.05, 3.63) is 23.3 Å². The van der Waals surface area contributed by atoms with Gasteiger partial charge in [-0.05, 0) is 134 Å². The van der Waals surface area contributed by atoms with Gasteiger partial charge in [-0.15, -0.1) is 0 Å². The predicted octanol–water partition coefficient (Wildman–Crippen LogP) is 6.24. The molecule has 1 heterocycles. The van der Waals surface area contributed by atoms with E-state index in [-0.39, 0.29) is 17.4 Å². The number of carboxylic acids is 1. The molecular weight excluding hydrogens is 623 g/mol. The largest absolute Gasteiger partial charge is 0.481 e. The van der Waals surface area contributed by atoms with Crippen molar-refractivity contribution in [1.82, 2.24) is 14.5 Å². The Bertz CT molecular complexity index is 1480. The molecule has 0 aromatic rings. The first-order valence-corrected chi connectivity index (χ1v) is 21.1. The molecule has 6 aliphatic carbocycles. The number of nitrogens with one attached hydrogen (secondary N) is 1. The van der Waals surface area contributed by atoms with Crippen molar-refractivity contribution in [1.29, 1.82) is 0 Å². The number of allylic oxidation sites excluding steroid dienone is 4. The second-order valence-corrected chi connectivity index (χ2v) is 19.9. The summed E-state index contributed by atoms with van der Waals surface area (Å²) in [7, 11) is -3.21. The summed E-state index contributed by atoms with van der Waals surface area (Å²) in [6.45, 7) is 12.5. The van der Waals surface area contributed by atoms with Crippen LogP contribution in [0.4, 0.5) is 0 Å². The molecule has 7 aliphatic rings. The topological polar surface area (TPSA) is 107 Å². The third-order valence-corrected chi connectivity index (χ3v) is 17.6. The molecule has 10 atom stereocenters. The summed E-state index contributed by atoms with van der Waals surface area (Å²) in [6, 6.07) is 0. The highest BCUT2D eigenvalue weighted by molar-refractivity contribution is 7.88. The number of hydrogen-bond donors (Lipinski definition) is 2. The van der Waals surface area contributed by atoms with E-state index in [0.29, 0.717) is 85.0 Å². The van der Waals surface area contributed by atoms with Crippen molar-refractivity contribution in [3.63, 3.8) is 0 Å². The standard InChI is InChI=1S/C39H61N3O5S/c1-26-29(27-8-10-28(11-9-27)35(44)45)14-17-36(2)30(26)15-18-38(4)33(36)13-12-31-32-7-6-16-39(32,20-19-37(31,38)3)40-25-34(43)41-21-23-42(24-22-41)48(5,46)47/h8,14,26,28,30-33,40H,6-7,9-13,15-25H2,1-5H3,(H,44,45)/t26?,28-,30?,31+,32+,33?,36-,37+,38+,39-/m0/s1. The van der Waals surface area contributed by atoms with Crippen molar-refractivity contribution in [2.24, 2.45) is 51.8 Å². The molecule has 268 valence electrons. The van der Waals surface area contributed by atoms with E-state index in [1.165, 1.54) is 66.7 Å². The van der Waals surface area contributed by atoms with Crippen molar-refractivity contribution >= 4 is 21.9 Å². The summed E-state index contributed by atoms with van der Waals surface area (Å²) in [5, 5.41) is 13.4. The van der Waals surface area contributed by atoms with E-state index < -0.39 is 16.0 Å². The van der Waals surface area contributed by atoms with Crippen LogP contribution in [0.3, 0.4) is 0 Å². The van der Waals surface area contributed by atoms with E-state index in [9.17, 15) is 23.1 Å². The summed E-state index contributed by atoms with van der Waals surface area (Å²) >= 11 is 0. The van der Waals surface area contributed by atoms with Crippen LogP contribution in [0.15, 0.2) is 23.3 Å². The number of fused-ring (bicyclic) bond motifs is 7. The molecular formula is C39H61N3O5S. The second kappa shape index (κ2) is 12.2. The molecule has 48 heavy (non-hydrogen) atoms. The number of nitrogens with zero attached hydrogens (tertiary/aromatic N) is 2. The first kappa shape index (κ1) is 34.7. The number of piperazine rings is 1. The molecule has 1 aliphatic heterocycles. The molecule has 1 amide bonds. The Morgan fingerprint density at radius 3 is 2.31 bits per heavy atom. The SMILES string of the molecule is CC1C(C2=CC[C@H](C(=O)O)CC2)=CC[C@@]2(C)C1CC[C@]1(C)C2CC[C@@H]2[C@H]3CCC[C@]3(NCC(=O)N3CCN(S(C)(=O)=O)CC3)CC[C@]21C. The fourth-order valence-electron chi connectivity index (χ4n) is 13.5. The number of aliphatic carboxylic acids is 1. The summed E-state index contributed by atoms with van der Waals surface area (Å²) in [4.78, 5) is 26.8. The molecule has 7 rings (SSSR count). The van der Waals surface area contributed by atoms with E-state index >= 15 is 0 Å². The second-order valence-electron chi connectivity index (χ2n) is 18.0. The lowest BCUT2D eigenvalue weighted by atomic mass is 9.34. The number of rotatable bonds is 6. The third-order valence-electron chi connectivity index (χ3n) is 16.3. The lowest BCUT2D eigenvalue weighted by Crippen LogP contribution is -2.67. The molecule has 3 unspecified atom stereocenters. The van der Waals surface area contributed by atoms with Gasteiger partial charge < -0.3 is 15.3 Å². The summed E-state index contributed by atoms with van der Waals surface area (Å²) in [5.74, 6) is 2.44. The van der Waals surface area contributed by atoms with Crippen molar-refractivity contribution in [2.45, 2.75) is 117 Å². The van der Waals surface area contributed by atoms with E-state index in [0.717, 1.165) is 32.1 Å². The highest BCUT2D eigenvalue weighted by Gasteiger charge is 2.68. The molecule has 0 aromatic heterocycles. The number of sulfonamides is 1. The van der Waals surface area contributed by atoms with E-state index in [2.05, 4.69) is 45.2 Å². The van der Waals surface area contributed by atoms with Crippen LogP contribution >= 0.6 is 0 Å². The van der Waals surface area contributed by atoms with Gasteiger partial charge in [0.25, 0.3) is 0 Å². The van der Waals surface area contributed by atoms with Crippen LogP contribution in [0.25, 0.3) is 0 Å². The zero-order chi connectivity index (χ0) is 34.3. The maximum Gasteiger partial charge on any atom is 0.306 e. The van der Waals surface area contributed by atoms with Crippen LogP contribution in [0, 0.1) is 51.8 Å². The lowest BCUT2D eigenvalue weighted by Gasteiger charge is -2.71. The summed E-state index contributed by atoms with van der Waals surface area (Å²) < 4.78 is 25.4. The molecule has 5 fully saturated rings. The van der Waals surface area contributed by atoms with Crippen LogP contribution < -0.4 is 5.32 Å². The molecule has 4 saturated carbocycles. The van der Waals surface area contributed by atoms with E-state index in [1.807, 2.05) is 4.90 Å². The molecule has 0 aromatic carbocycles. The van der Waals surface area contributed by atoms with Gasteiger partial charge in [0.15, 0.2) is 0 Å². The highest BCUT2D eigenvalue weighted by Crippen LogP contribution is 2.75. The minimum atomic E-state index is -3.21. The first-order valence-electron chi connectivity index (χ1n) is 19.2. The Hall–Kier alpha value is -1.71. The quantitative estimate of drug-likeness (QED) is 0.343. The molecule has 0 bridgehead atoms. The van der Waals surface area contributed by atoms with E-state index in [4.69, 9.17) is 0 Å². The first-order chi connectivity index (χ1) is 22.6. The molecule has 0 spiro atoms. The molecule has 1 saturated heterocycles. The number of carboxylic acid groups (broad SMARTS) is 1. The van der Waals surface area contributed by atoms with Crippen LogP contribution in [-0.4, -0.2) is 79.1 Å². The van der Waals surface area contributed by atoms with Crippen molar-refractivity contribution < 1.29 is 23.1 Å². The minimum Gasteiger partial charge on any atom is -0.481 e. The average Bonchev–Trinajstić information content (AvgIpc) is 3.48. The number of carbonyl (C=O) groups is 2. The van der Waals surface area contributed by atoms with Gasteiger partial charge in [-0.3, -0.25) is 9.59 Å². The van der Waals surface area contributed by atoms with Crippen LogP contribution in [0.1, 0.15) is 111 Å². The fourth-order valence-corrected chi connectivity index (χ4v) is 14.3. The smallest absolute Gasteiger partial charge is 0.306 e. The van der Waals surface area contributed by atoms with E-state index in [1.54, 1.807) is 0 Å². The maximum absolute atomic E-state index is 13.4. The average molecular weight is 684 g/mol. The Labute approximate surface area is 289 Å². The normalized spacial score (nSPS) is 44.8. The Kier molecular flexibility index (Phi) is 8.84. The zero-order valence-electron chi connectivity index (χ0n) is 30.2. The Morgan fingerprint density at radius 2 is 1.65 bits per heavy atom. The Morgan fingerprint density at radius 1 is 0.896 bits per heavy atom. The van der Waals surface area contributed by atoms with Gasteiger partial charge in [0, 0.05) is 31.7 Å². The third kappa shape index (κ3) is 5.37. The number of carbonyl (C=O) groups excluding carboxylic acids is 1. The van der Waals surface area contributed by atoms with Gasteiger partial charge in [-0.2, -0.15) is 4.31 Å². The molecule has 8 nitrogen and oxygen atoms in total. The van der Waals surface area contributed by atoms with Gasteiger partial charge in [0.2, 0.25) is 15.9 Å². The van der Waals surface area contributed by atoms with Gasteiger partial charge >= 0.3 is 5.97 Å². The maximum atomic E-state index is 13.4. The van der Waals surface area contributed by atoms with Gasteiger partial charge in [0.05, 0.1) is 18.7 Å². The highest BCUT2D eigenvalue weighted by atomic mass is 32.2. The van der Waals surface area contributed by atoms with Gasteiger partial charge in [0.1, 0.15) is 0 Å². The minimum absolute atomic E-state index is 0.0447. The van der Waals surface area contributed by atoms with Crippen LogP contribution in [0.2, 0.25) is 0 Å². The predicted molar refractivity (Wildman–Crippen MR) is 188 cm³/mol. The molecule has 2 N–H and O–H groups in total. The number of hydrogen-bond acceptors (Lipinski definition) is 5. The zero-order valence-corrected chi connectivity index (χ0v) is 31.0. The summed E-state index contributed by atoms with van der Waals surface area (Å²) in [5.41, 5.74) is 3.88. The van der Waals surface area contributed by atoms with Crippen LogP contribution in [0.5, 0.6) is 0 Å². The lowest BCUT2D eigenvalue weighted by molar-refractivity contribution is -0.212. The fraction of sp³-hybridized carbons (Fsp3) is 0.846. The summed E-state index contributed by atoms with van der Waals surface area (Å²) in [6.07, 6.45) is 20.8. The van der Waals surface area contributed by atoms with Crippen LogP contribution in [-0.2, 0) is 19.6 Å². The molecule has 0 radical (unpaired) electrons. The van der Waals surface area contributed by atoms with Gasteiger partial charge in [-0.25, -0.2) is 8.42 Å². The van der Waals surface area contributed by atoms with Crippen molar-refractivity contribution in [2.75, 3.05) is 39.0 Å². The Balaban J connectivity index is 1.05. The molecule has 9 heteroatoms. The number of amides is 1.